The van der Waals surface area contributed by atoms with Gasteiger partial charge in [0.15, 0.2) is 0 Å². The molecule has 1 atom stereocenters. The molecule has 4 nitrogen and oxygen atoms in total. The van der Waals surface area contributed by atoms with Gasteiger partial charge in [-0.05, 0) is 25.2 Å². The summed E-state index contributed by atoms with van der Waals surface area (Å²) < 4.78 is 0.973. The number of fused-ring (bicyclic) bond motifs is 1. The van der Waals surface area contributed by atoms with E-state index >= 15 is 0 Å². The second-order valence-corrected chi connectivity index (χ2v) is 5.61. The summed E-state index contributed by atoms with van der Waals surface area (Å²) in [4.78, 5) is 16.3. The van der Waals surface area contributed by atoms with E-state index in [2.05, 4.69) is 34.7 Å². The van der Waals surface area contributed by atoms with Crippen LogP contribution >= 0.6 is 15.9 Å². The average Bonchev–Trinajstić information content (AvgIpc) is 2.64. The van der Waals surface area contributed by atoms with E-state index in [0.717, 1.165) is 35.4 Å². The Hall–Kier alpha value is -0.910. The van der Waals surface area contributed by atoms with E-state index in [1.54, 1.807) is 0 Å². The maximum Gasteiger partial charge on any atom is 0.248 e. The van der Waals surface area contributed by atoms with Crippen LogP contribution in [0.3, 0.4) is 0 Å². The molecule has 2 N–H and O–H groups in total. The summed E-state index contributed by atoms with van der Waals surface area (Å²) in [5, 5.41) is 0. The van der Waals surface area contributed by atoms with Gasteiger partial charge in [-0.2, -0.15) is 0 Å². The fourth-order valence-corrected chi connectivity index (χ4v) is 2.79. The zero-order chi connectivity index (χ0) is 14.0. The van der Waals surface area contributed by atoms with Gasteiger partial charge < -0.3 is 15.5 Å². The molecule has 0 spiro atoms. The minimum absolute atomic E-state index is 0.000237. The molecule has 19 heavy (non-hydrogen) atoms. The molecule has 1 aromatic carbocycles. The van der Waals surface area contributed by atoms with Crippen LogP contribution in [0.15, 0.2) is 22.7 Å². The monoisotopic (exact) mass is 325 g/mol. The minimum atomic E-state index is -0.514. The summed E-state index contributed by atoms with van der Waals surface area (Å²) in [6, 6.07) is 5.32. The Kier molecular flexibility index (Phi) is 4.60. The number of amides is 1. The van der Waals surface area contributed by atoms with Gasteiger partial charge in [-0.15, -0.1) is 0 Å². The summed E-state index contributed by atoms with van der Waals surface area (Å²) >= 11 is 3.45. The van der Waals surface area contributed by atoms with Crippen LogP contribution in [0.4, 0.5) is 5.69 Å². The molecule has 1 aromatic rings. The first-order valence-corrected chi connectivity index (χ1v) is 7.46. The van der Waals surface area contributed by atoms with Crippen molar-refractivity contribution in [3.8, 4) is 0 Å². The van der Waals surface area contributed by atoms with E-state index < -0.39 is 6.04 Å². The van der Waals surface area contributed by atoms with E-state index in [1.165, 1.54) is 0 Å². The van der Waals surface area contributed by atoms with Gasteiger partial charge in [-0.1, -0.05) is 35.8 Å². The number of carbonyl (C=O) groups is 1. The lowest BCUT2D eigenvalue weighted by atomic mass is 10.1. The second kappa shape index (κ2) is 6.03. The fraction of sp³-hybridized carbons (Fsp3) is 0.500. The molecule has 5 heteroatoms. The summed E-state index contributed by atoms with van der Waals surface area (Å²) in [6.07, 6.45) is 0. The third-order valence-electron chi connectivity index (χ3n) is 3.68. The molecule has 2 rings (SSSR count). The highest BCUT2D eigenvalue weighted by molar-refractivity contribution is 9.10. The van der Waals surface area contributed by atoms with E-state index in [0.29, 0.717) is 6.54 Å². The van der Waals surface area contributed by atoms with E-state index in [4.69, 9.17) is 5.73 Å². The van der Waals surface area contributed by atoms with Crippen LogP contribution in [-0.4, -0.2) is 37.0 Å². The summed E-state index contributed by atoms with van der Waals surface area (Å²) in [5.41, 5.74) is 7.85. The zero-order valence-electron chi connectivity index (χ0n) is 11.4. The van der Waals surface area contributed by atoms with Crippen molar-refractivity contribution in [1.29, 1.82) is 0 Å². The SMILES string of the molecule is CCN(CC)CCN1C(=O)C(N)c2ccc(Br)cc21. The van der Waals surface area contributed by atoms with Crippen molar-refractivity contribution in [3.63, 3.8) is 0 Å². The molecule has 0 fully saturated rings. The van der Waals surface area contributed by atoms with Gasteiger partial charge in [0.05, 0.1) is 5.69 Å². The van der Waals surface area contributed by atoms with Crippen LogP contribution in [-0.2, 0) is 4.79 Å². The maximum atomic E-state index is 12.2. The first-order chi connectivity index (χ1) is 9.08. The molecule has 0 aliphatic carbocycles. The first kappa shape index (κ1) is 14.5. The van der Waals surface area contributed by atoms with Gasteiger partial charge in [-0.3, -0.25) is 4.79 Å². The van der Waals surface area contributed by atoms with Crippen molar-refractivity contribution >= 4 is 27.5 Å². The third-order valence-corrected chi connectivity index (χ3v) is 4.18. The van der Waals surface area contributed by atoms with Crippen molar-refractivity contribution in [2.75, 3.05) is 31.1 Å². The average molecular weight is 326 g/mol. The molecule has 1 unspecified atom stereocenters. The molecule has 0 radical (unpaired) electrons. The second-order valence-electron chi connectivity index (χ2n) is 4.70. The number of benzene rings is 1. The highest BCUT2D eigenvalue weighted by Gasteiger charge is 2.34. The smallest absolute Gasteiger partial charge is 0.248 e. The van der Waals surface area contributed by atoms with Crippen molar-refractivity contribution in [2.45, 2.75) is 19.9 Å². The van der Waals surface area contributed by atoms with Crippen molar-refractivity contribution in [3.05, 3.63) is 28.2 Å². The topological polar surface area (TPSA) is 49.6 Å². The molecule has 0 bridgehead atoms. The molecule has 0 saturated heterocycles. The zero-order valence-corrected chi connectivity index (χ0v) is 13.0. The highest BCUT2D eigenvalue weighted by Crippen LogP contribution is 2.36. The summed E-state index contributed by atoms with van der Waals surface area (Å²) in [6.45, 7) is 7.82. The Labute approximate surface area is 122 Å². The van der Waals surface area contributed by atoms with Gasteiger partial charge in [0.25, 0.3) is 0 Å². The van der Waals surface area contributed by atoms with Gasteiger partial charge >= 0.3 is 0 Å². The number of halogens is 1. The Balaban J connectivity index is 2.18. The largest absolute Gasteiger partial charge is 0.316 e. The Morgan fingerprint density at radius 2 is 2.05 bits per heavy atom. The van der Waals surface area contributed by atoms with Crippen molar-refractivity contribution < 1.29 is 4.79 Å². The number of anilines is 1. The van der Waals surface area contributed by atoms with Gasteiger partial charge in [-0.25, -0.2) is 0 Å². The van der Waals surface area contributed by atoms with Gasteiger partial charge in [0.2, 0.25) is 5.91 Å². The fourth-order valence-electron chi connectivity index (χ4n) is 2.45. The summed E-state index contributed by atoms with van der Waals surface area (Å²) in [7, 11) is 0. The molecular formula is C14H20BrN3O. The van der Waals surface area contributed by atoms with Crippen LogP contribution in [0, 0.1) is 0 Å². The highest BCUT2D eigenvalue weighted by atomic mass is 79.9. The van der Waals surface area contributed by atoms with E-state index in [1.807, 2.05) is 23.1 Å². The number of hydrogen-bond acceptors (Lipinski definition) is 3. The van der Waals surface area contributed by atoms with Gasteiger partial charge in [0, 0.05) is 23.1 Å². The van der Waals surface area contributed by atoms with E-state index in [-0.39, 0.29) is 5.91 Å². The number of carbonyl (C=O) groups excluding carboxylic acids is 1. The number of nitrogens with zero attached hydrogens (tertiary/aromatic N) is 2. The standard InChI is InChI=1S/C14H20BrN3O/c1-3-17(4-2)7-8-18-12-9-10(15)5-6-11(12)13(16)14(18)19/h5-6,9,13H,3-4,7-8,16H2,1-2H3. The van der Waals surface area contributed by atoms with Crippen LogP contribution in [0.5, 0.6) is 0 Å². The lowest BCUT2D eigenvalue weighted by molar-refractivity contribution is -0.119. The Morgan fingerprint density at radius 3 is 2.68 bits per heavy atom. The number of nitrogens with two attached hydrogens (primary N) is 1. The number of rotatable bonds is 5. The Morgan fingerprint density at radius 1 is 1.37 bits per heavy atom. The van der Waals surface area contributed by atoms with Crippen molar-refractivity contribution in [1.82, 2.24) is 4.90 Å². The third kappa shape index (κ3) is 2.83. The molecule has 1 amide bonds. The molecule has 104 valence electrons. The van der Waals surface area contributed by atoms with Crippen LogP contribution in [0.2, 0.25) is 0 Å². The molecule has 0 aromatic heterocycles. The van der Waals surface area contributed by atoms with Gasteiger partial charge in [0.1, 0.15) is 6.04 Å². The molecule has 1 aliphatic rings. The number of hydrogen-bond donors (Lipinski definition) is 1. The maximum absolute atomic E-state index is 12.2. The van der Waals surface area contributed by atoms with Crippen LogP contribution in [0.25, 0.3) is 0 Å². The van der Waals surface area contributed by atoms with Crippen molar-refractivity contribution in [2.24, 2.45) is 5.73 Å². The molecule has 0 saturated carbocycles. The quantitative estimate of drug-likeness (QED) is 0.902. The molecular weight excluding hydrogens is 306 g/mol. The Bertz CT molecular complexity index is 474. The summed E-state index contributed by atoms with van der Waals surface area (Å²) in [5.74, 6) is 0.000237. The first-order valence-electron chi connectivity index (χ1n) is 6.67. The minimum Gasteiger partial charge on any atom is -0.316 e. The lowest BCUT2D eigenvalue weighted by Gasteiger charge is -2.23. The van der Waals surface area contributed by atoms with Crippen LogP contribution < -0.4 is 10.6 Å². The molecule has 1 aliphatic heterocycles. The van der Waals surface area contributed by atoms with E-state index in [9.17, 15) is 4.79 Å². The molecule has 1 heterocycles. The lowest BCUT2D eigenvalue weighted by Crippen LogP contribution is -2.38. The number of likely N-dealkylation sites (N-methyl/N-ethyl adjacent to an activating group) is 1. The van der Waals surface area contributed by atoms with Crippen LogP contribution in [0.1, 0.15) is 25.5 Å². The predicted octanol–water partition coefficient (Wildman–Crippen LogP) is 2.14. The predicted molar refractivity (Wildman–Crippen MR) is 81.2 cm³/mol. The normalized spacial score (nSPS) is 18.3.